The quantitative estimate of drug-likeness (QED) is 0.176. The smallest absolute Gasteiger partial charge is 0.164 e. The topological polar surface area (TPSA) is 65.0 Å². The first-order valence-corrected chi connectivity index (χ1v) is 19.4. The van der Waals surface area contributed by atoms with Crippen LogP contribution in [0.15, 0.2) is 197 Å². The molecule has 0 N–H and O–H groups in total. The van der Waals surface area contributed by atoms with Crippen LogP contribution in [0.2, 0.25) is 0 Å². The van der Waals surface area contributed by atoms with Gasteiger partial charge in [0.25, 0.3) is 0 Å². The lowest BCUT2D eigenvalue weighted by Gasteiger charge is -2.11. The van der Waals surface area contributed by atoms with Crippen LogP contribution in [0.3, 0.4) is 0 Å². The zero-order valence-corrected chi connectivity index (χ0v) is 31.1. The number of hydrogen-bond acceptors (Lipinski definition) is 5. The minimum Gasteiger partial charge on any atom is -0.456 e. The van der Waals surface area contributed by atoms with Crippen LogP contribution in [0.25, 0.3) is 122 Å². The molecule has 3 heterocycles. The summed E-state index contributed by atoms with van der Waals surface area (Å²) in [6.45, 7) is 0. The first kappa shape index (κ1) is 32.4. The summed E-state index contributed by atoms with van der Waals surface area (Å²) >= 11 is 0. The van der Waals surface area contributed by atoms with E-state index in [4.69, 9.17) is 23.8 Å². The summed E-state index contributed by atoms with van der Waals surface area (Å²) in [5, 5.41) is 8.78. The Morgan fingerprint density at radius 3 is 1.76 bits per heavy atom. The minimum atomic E-state index is 0.575. The molecule has 0 aliphatic heterocycles. The molecule has 0 unspecified atom stereocenters. The summed E-state index contributed by atoms with van der Waals surface area (Å²) in [6.07, 6.45) is 0. The molecule has 0 amide bonds. The molecule has 0 saturated carbocycles. The van der Waals surface area contributed by atoms with Gasteiger partial charge in [0.05, 0.1) is 0 Å². The molecular weight excluding hydrogens is 711 g/mol. The van der Waals surface area contributed by atoms with E-state index in [1.165, 1.54) is 10.8 Å². The summed E-state index contributed by atoms with van der Waals surface area (Å²) < 4.78 is 12.8. The highest BCUT2D eigenvalue weighted by Gasteiger charge is 2.19. The fourth-order valence-electron chi connectivity index (χ4n) is 8.44. The normalized spacial score (nSPS) is 11.8. The van der Waals surface area contributed by atoms with Crippen molar-refractivity contribution >= 4 is 65.4 Å². The second-order valence-corrected chi connectivity index (χ2v) is 14.8. The molecule has 270 valence electrons. The molecule has 0 saturated heterocycles. The van der Waals surface area contributed by atoms with Gasteiger partial charge in [-0.2, -0.15) is 0 Å². The fraction of sp³-hybridized carbons (Fsp3) is 0. The van der Waals surface area contributed by atoms with Gasteiger partial charge in [-0.1, -0.05) is 146 Å². The highest BCUT2D eigenvalue weighted by Crippen LogP contribution is 2.40. The molecule has 12 aromatic rings. The van der Waals surface area contributed by atoms with Gasteiger partial charge < -0.3 is 8.83 Å². The maximum Gasteiger partial charge on any atom is 0.164 e. The van der Waals surface area contributed by atoms with E-state index in [0.717, 1.165) is 93.6 Å². The number of nitrogens with zero attached hydrogens (tertiary/aromatic N) is 3. The molecule has 0 aliphatic carbocycles. The Kier molecular flexibility index (Phi) is 7.16. The van der Waals surface area contributed by atoms with Crippen LogP contribution in [0.1, 0.15) is 0 Å². The van der Waals surface area contributed by atoms with Crippen molar-refractivity contribution < 1.29 is 8.83 Å². The molecule has 58 heavy (non-hydrogen) atoms. The lowest BCUT2D eigenvalue weighted by atomic mass is 10.00. The van der Waals surface area contributed by atoms with Gasteiger partial charge in [0, 0.05) is 38.2 Å². The van der Waals surface area contributed by atoms with Crippen LogP contribution in [-0.2, 0) is 0 Å². The second kappa shape index (κ2) is 12.8. The molecule has 0 aliphatic rings. The molecular formula is C53H31N3O2. The summed E-state index contributed by atoms with van der Waals surface area (Å²) in [5.41, 5.74) is 10.5. The van der Waals surface area contributed by atoms with Crippen molar-refractivity contribution in [3.05, 3.63) is 188 Å². The van der Waals surface area contributed by atoms with Gasteiger partial charge in [-0.25, -0.2) is 15.0 Å². The van der Waals surface area contributed by atoms with E-state index >= 15 is 0 Å². The Morgan fingerprint density at radius 1 is 0.276 bits per heavy atom. The van der Waals surface area contributed by atoms with E-state index in [1.54, 1.807) is 0 Å². The van der Waals surface area contributed by atoms with E-state index < -0.39 is 0 Å². The van der Waals surface area contributed by atoms with Crippen LogP contribution in [0, 0.1) is 0 Å². The second-order valence-electron chi connectivity index (χ2n) is 14.8. The summed E-state index contributed by atoms with van der Waals surface area (Å²) in [6, 6.07) is 65.2. The van der Waals surface area contributed by atoms with E-state index in [1.807, 2.05) is 30.3 Å². The maximum absolute atomic E-state index is 6.52. The number of furan rings is 2. The summed E-state index contributed by atoms with van der Waals surface area (Å²) in [4.78, 5) is 15.6. The van der Waals surface area contributed by atoms with E-state index in [0.29, 0.717) is 17.5 Å². The highest BCUT2D eigenvalue weighted by molar-refractivity contribution is 6.19. The minimum absolute atomic E-state index is 0.575. The van der Waals surface area contributed by atoms with Crippen LogP contribution in [0.4, 0.5) is 0 Å². The standard InChI is InChI=1S/C53H31N3O2/c1-2-9-32(10-3-1)39-25-27-42-48(31-39)58-46-16-8-14-43(49(42)46)53-55-51(36-21-17-34(18-22-36)38-23-19-33-11-4-5-12-37(33)29-38)54-52(56-53)40-24-20-35-26-28-47-50(44(35)30-40)41-13-6-7-15-45(41)57-47/h1-31H. The van der Waals surface area contributed by atoms with Gasteiger partial charge in [-0.15, -0.1) is 0 Å². The van der Waals surface area contributed by atoms with Crippen LogP contribution in [0.5, 0.6) is 0 Å². The average molecular weight is 742 g/mol. The highest BCUT2D eigenvalue weighted by atomic mass is 16.3. The number of hydrogen-bond donors (Lipinski definition) is 0. The van der Waals surface area contributed by atoms with Crippen LogP contribution in [-0.4, -0.2) is 15.0 Å². The van der Waals surface area contributed by atoms with Crippen molar-refractivity contribution in [1.29, 1.82) is 0 Å². The number of aromatic nitrogens is 3. The van der Waals surface area contributed by atoms with Crippen molar-refractivity contribution in [3.8, 4) is 56.4 Å². The van der Waals surface area contributed by atoms with Crippen molar-refractivity contribution in [1.82, 2.24) is 15.0 Å². The molecule has 0 spiro atoms. The van der Waals surface area contributed by atoms with Gasteiger partial charge in [0.2, 0.25) is 0 Å². The number of rotatable bonds is 5. The third-order valence-corrected chi connectivity index (χ3v) is 11.3. The SMILES string of the molecule is c1ccc(-c2ccc3c(c2)oc2cccc(-c4nc(-c5ccc(-c6ccc7ccccc7c6)cc5)nc(-c5ccc6ccc7oc8ccccc8c7c6c5)n4)c23)cc1. The van der Waals surface area contributed by atoms with Gasteiger partial charge in [0.15, 0.2) is 17.5 Å². The summed E-state index contributed by atoms with van der Waals surface area (Å²) in [7, 11) is 0. The van der Waals surface area contributed by atoms with Crippen molar-refractivity contribution in [2.24, 2.45) is 0 Å². The Hall–Kier alpha value is -7.89. The van der Waals surface area contributed by atoms with Crippen molar-refractivity contribution in [2.45, 2.75) is 0 Å². The summed E-state index contributed by atoms with van der Waals surface area (Å²) in [5.74, 6) is 1.75. The molecule has 9 aromatic carbocycles. The number of benzene rings is 9. The van der Waals surface area contributed by atoms with E-state index in [9.17, 15) is 0 Å². The maximum atomic E-state index is 6.52. The monoisotopic (exact) mass is 741 g/mol. The first-order valence-electron chi connectivity index (χ1n) is 19.4. The van der Waals surface area contributed by atoms with Gasteiger partial charge >= 0.3 is 0 Å². The Morgan fingerprint density at radius 2 is 0.862 bits per heavy atom. The van der Waals surface area contributed by atoms with Crippen molar-refractivity contribution in [2.75, 3.05) is 0 Å². The molecule has 5 heteroatoms. The molecule has 0 fully saturated rings. The predicted molar refractivity (Wildman–Crippen MR) is 237 cm³/mol. The lowest BCUT2D eigenvalue weighted by Crippen LogP contribution is -2.00. The zero-order valence-electron chi connectivity index (χ0n) is 31.1. The van der Waals surface area contributed by atoms with Crippen LogP contribution < -0.4 is 0 Å². The van der Waals surface area contributed by atoms with Crippen LogP contribution >= 0.6 is 0 Å². The average Bonchev–Trinajstić information content (AvgIpc) is 3.87. The molecule has 12 rings (SSSR count). The number of fused-ring (bicyclic) bond motifs is 9. The zero-order chi connectivity index (χ0) is 38.2. The van der Waals surface area contributed by atoms with E-state index in [-0.39, 0.29) is 0 Å². The van der Waals surface area contributed by atoms with E-state index in [2.05, 4.69) is 158 Å². The molecule has 0 radical (unpaired) electrons. The lowest BCUT2D eigenvalue weighted by molar-refractivity contribution is 0.669. The Bertz CT molecular complexity index is 3570. The third kappa shape index (κ3) is 5.29. The first-order chi connectivity index (χ1) is 28.7. The predicted octanol–water partition coefficient (Wildman–Crippen LogP) is 14.3. The number of para-hydroxylation sites is 1. The molecule has 0 bridgehead atoms. The molecule has 3 aromatic heterocycles. The molecule has 5 nitrogen and oxygen atoms in total. The Balaban J connectivity index is 1.04. The van der Waals surface area contributed by atoms with Gasteiger partial charge in [0.1, 0.15) is 22.3 Å². The van der Waals surface area contributed by atoms with Gasteiger partial charge in [-0.05, 0) is 86.3 Å². The Labute approximate surface area is 332 Å². The fourth-order valence-corrected chi connectivity index (χ4v) is 8.44. The third-order valence-electron chi connectivity index (χ3n) is 11.3. The van der Waals surface area contributed by atoms with Crippen molar-refractivity contribution in [3.63, 3.8) is 0 Å². The van der Waals surface area contributed by atoms with Gasteiger partial charge in [-0.3, -0.25) is 0 Å². The molecule has 0 atom stereocenters. The largest absolute Gasteiger partial charge is 0.456 e.